The molecule has 1 aromatic heterocycles. The van der Waals surface area contributed by atoms with Gasteiger partial charge in [-0.2, -0.15) is 8.78 Å². The minimum Gasteiger partial charge on any atom is -0.351 e. The van der Waals surface area contributed by atoms with Crippen molar-refractivity contribution < 1.29 is 42.3 Å². The number of halogens is 3. The maximum Gasteiger partial charge on any atom is 0.399 e. The first-order valence-electron chi connectivity index (χ1n) is 14.1. The molecule has 16 heteroatoms. The number of amides is 4. The maximum absolute atomic E-state index is 14.3. The van der Waals surface area contributed by atoms with Crippen molar-refractivity contribution in [3.63, 3.8) is 0 Å². The molecule has 0 saturated carbocycles. The third-order valence-electron chi connectivity index (χ3n) is 8.35. The van der Waals surface area contributed by atoms with Crippen LogP contribution in [0.3, 0.4) is 0 Å². The molecule has 5 rings (SSSR count). The molecule has 2 saturated heterocycles. The third-order valence-corrected chi connectivity index (χ3v) is 9.59. The van der Waals surface area contributed by atoms with E-state index in [4.69, 9.17) is 21.4 Å². The maximum atomic E-state index is 14.3. The van der Waals surface area contributed by atoms with Gasteiger partial charge < -0.3 is 34.8 Å². The van der Waals surface area contributed by atoms with Gasteiger partial charge in [-0.05, 0) is 61.7 Å². The topological polar surface area (TPSA) is 163 Å². The summed E-state index contributed by atoms with van der Waals surface area (Å²) in [4.78, 5) is 78.9. The lowest BCUT2D eigenvalue weighted by Gasteiger charge is -2.39. The first-order chi connectivity index (χ1) is 21.1. The lowest BCUT2D eigenvalue weighted by molar-refractivity contribution is -0.144. The molecular formula is C29H31ClF2N5O7P. The van der Waals surface area contributed by atoms with Crippen molar-refractivity contribution in [2.45, 2.75) is 50.0 Å². The molecule has 4 amide bonds. The molecule has 3 heterocycles. The van der Waals surface area contributed by atoms with Crippen LogP contribution in [0.2, 0.25) is 5.02 Å². The molecule has 0 radical (unpaired) electrons. The van der Waals surface area contributed by atoms with Crippen molar-refractivity contribution in [3.05, 3.63) is 64.8 Å². The molecular weight excluding hydrogens is 635 g/mol. The van der Waals surface area contributed by atoms with Crippen LogP contribution in [0.25, 0.3) is 10.9 Å². The number of benzene rings is 2. The van der Waals surface area contributed by atoms with E-state index in [1.165, 1.54) is 27.7 Å². The zero-order valence-electron chi connectivity index (χ0n) is 24.2. The van der Waals surface area contributed by atoms with Gasteiger partial charge in [-0.3, -0.25) is 23.7 Å². The lowest BCUT2D eigenvalue weighted by Crippen LogP contribution is -2.61. The number of aromatic amines is 1. The Bertz CT molecular complexity index is 1710. The molecule has 4 N–H and O–H groups in total. The predicted octanol–water partition coefficient (Wildman–Crippen LogP) is 3.42. The van der Waals surface area contributed by atoms with Gasteiger partial charge in [-0.25, -0.2) is 0 Å². The number of likely N-dealkylation sites (N-methyl/N-ethyl adjacent to an activating group) is 1. The van der Waals surface area contributed by atoms with E-state index in [1.807, 2.05) is 0 Å². The van der Waals surface area contributed by atoms with Crippen molar-refractivity contribution in [3.8, 4) is 0 Å². The molecule has 0 aliphatic carbocycles. The van der Waals surface area contributed by atoms with Crippen LogP contribution in [0.15, 0.2) is 48.5 Å². The molecule has 45 heavy (non-hydrogen) atoms. The molecule has 2 aliphatic rings. The molecule has 0 unspecified atom stereocenters. The van der Waals surface area contributed by atoms with Crippen LogP contribution < -0.4 is 10.2 Å². The fourth-order valence-corrected chi connectivity index (χ4v) is 6.47. The Morgan fingerprint density at radius 1 is 1.09 bits per heavy atom. The smallest absolute Gasteiger partial charge is 0.351 e. The highest BCUT2D eigenvalue weighted by atomic mass is 35.5. The third kappa shape index (κ3) is 6.32. The van der Waals surface area contributed by atoms with Crippen LogP contribution in [0, 0.1) is 0 Å². The second-order valence-corrected chi connectivity index (χ2v) is 13.3. The zero-order valence-corrected chi connectivity index (χ0v) is 25.9. The van der Waals surface area contributed by atoms with Crippen LogP contribution in [-0.4, -0.2) is 86.5 Å². The number of hydrogen-bond donors (Lipinski definition) is 4. The number of nitrogens with zero attached hydrogens (tertiary/aromatic N) is 3. The number of rotatable bonds is 6. The first kappa shape index (κ1) is 32.6. The Morgan fingerprint density at radius 3 is 2.42 bits per heavy atom. The summed E-state index contributed by atoms with van der Waals surface area (Å²) in [6.45, 7) is 1.50. The SMILES string of the molecule is CC(=O)N1CC[C@H]2CC[C@@H](C(=O)N(C)c3ccc(Cl)cc3)N2C(=O)[C@@H](NC(=O)c2cc3cc(C(F)(F)P(=O)(O)O)ccc3[nH]2)C1. The normalized spacial score (nSPS) is 20.9. The molecule has 3 aromatic rings. The molecule has 2 aliphatic heterocycles. The lowest BCUT2D eigenvalue weighted by atomic mass is 10.1. The van der Waals surface area contributed by atoms with Gasteiger partial charge in [-0.1, -0.05) is 17.7 Å². The van der Waals surface area contributed by atoms with E-state index in [-0.39, 0.29) is 41.0 Å². The number of carbonyl (C=O) groups is 4. The Kier molecular flexibility index (Phi) is 8.80. The van der Waals surface area contributed by atoms with Gasteiger partial charge >= 0.3 is 13.3 Å². The van der Waals surface area contributed by atoms with Crippen LogP contribution in [0.5, 0.6) is 0 Å². The summed E-state index contributed by atoms with van der Waals surface area (Å²) >= 11 is 5.99. The quantitative estimate of drug-likeness (QED) is 0.293. The van der Waals surface area contributed by atoms with Crippen molar-refractivity contribution >= 4 is 59.4 Å². The van der Waals surface area contributed by atoms with Crippen molar-refractivity contribution in [2.24, 2.45) is 0 Å². The van der Waals surface area contributed by atoms with E-state index in [0.717, 1.165) is 18.2 Å². The second kappa shape index (κ2) is 12.2. The number of H-pyrrole nitrogens is 1. The Balaban J connectivity index is 1.41. The van der Waals surface area contributed by atoms with E-state index in [1.54, 1.807) is 31.3 Å². The summed E-state index contributed by atoms with van der Waals surface area (Å²) in [5.74, 6) is -1.94. The average Bonchev–Trinajstić information content (AvgIpc) is 3.60. The highest BCUT2D eigenvalue weighted by molar-refractivity contribution is 7.52. The van der Waals surface area contributed by atoms with Crippen molar-refractivity contribution in [1.29, 1.82) is 0 Å². The molecule has 2 aromatic carbocycles. The predicted molar refractivity (Wildman–Crippen MR) is 161 cm³/mol. The number of fused-ring (bicyclic) bond motifs is 2. The van der Waals surface area contributed by atoms with Crippen molar-refractivity contribution in [2.75, 3.05) is 25.0 Å². The van der Waals surface area contributed by atoms with E-state index in [2.05, 4.69) is 10.3 Å². The highest BCUT2D eigenvalue weighted by Gasteiger charge is 2.50. The van der Waals surface area contributed by atoms with Crippen molar-refractivity contribution in [1.82, 2.24) is 20.1 Å². The van der Waals surface area contributed by atoms with Crippen LogP contribution in [0.4, 0.5) is 14.5 Å². The van der Waals surface area contributed by atoms with Gasteiger partial charge in [0.25, 0.3) is 5.91 Å². The summed E-state index contributed by atoms with van der Waals surface area (Å²) < 4.78 is 39.9. The number of hydrogen-bond acceptors (Lipinski definition) is 5. The van der Waals surface area contributed by atoms with Gasteiger partial charge in [0.2, 0.25) is 17.7 Å². The Hall–Kier alpha value is -3.84. The second-order valence-electron chi connectivity index (χ2n) is 11.2. The minimum atomic E-state index is -5.81. The van der Waals surface area contributed by atoms with E-state index < -0.39 is 42.7 Å². The summed E-state index contributed by atoms with van der Waals surface area (Å²) in [6, 6.07) is 8.35. The van der Waals surface area contributed by atoms with Gasteiger partial charge in [0, 0.05) is 60.3 Å². The van der Waals surface area contributed by atoms with Crippen LogP contribution in [-0.2, 0) is 24.6 Å². The van der Waals surface area contributed by atoms with E-state index >= 15 is 0 Å². The van der Waals surface area contributed by atoms with Gasteiger partial charge in [0.05, 0.1) is 0 Å². The minimum absolute atomic E-state index is 0.0793. The number of alkyl halides is 2. The monoisotopic (exact) mass is 665 g/mol. The Morgan fingerprint density at radius 2 is 1.78 bits per heavy atom. The van der Waals surface area contributed by atoms with Gasteiger partial charge in [-0.15, -0.1) is 0 Å². The number of carbonyl (C=O) groups excluding carboxylic acids is 4. The molecule has 0 bridgehead atoms. The number of nitrogens with one attached hydrogen (secondary N) is 2. The molecule has 2 fully saturated rings. The molecule has 0 spiro atoms. The van der Waals surface area contributed by atoms with E-state index in [0.29, 0.717) is 36.5 Å². The first-order valence-corrected chi connectivity index (χ1v) is 16.1. The summed E-state index contributed by atoms with van der Waals surface area (Å²) in [7, 11) is -4.21. The van der Waals surface area contributed by atoms with Crippen LogP contribution >= 0.6 is 19.2 Å². The van der Waals surface area contributed by atoms with Gasteiger partial charge in [0.1, 0.15) is 17.8 Å². The molecule has 240 valence electrons. The van der Waals surface area contributed by atoms with E-state index in [9.17, 15) is 32.5 Å². The fourth-order valence-electron chi connectivity index (χ4n) is 5.87. The Labute approximate surface area is 261 Å². The van der Waals surface area contributed by atoms with Crippen LogP contribution in [0.1, 0.15) is 42.2 Å². The summed E-state index contributed by atoms with van der Waals surface area (Å²) in [5, 5.41) is 3.22. The van der Waals surface area contributed by atoms with Gasteiger partial charge in [0.15, 0.2) is 0 Å². The molecule has 3 atom stereocenters. The zero-order chi connectivity index (χ0) is 32.8. The average molecular weight is 666 g/mol. The number of anilines is 1. The summed E-state index contributed by atoms with van der Waals surface area (Å²) in [5.41, 5.74) is -4.67. The fraction of sp³-hybridized carbons (Fsp3) is 0.379. The number of aromatic nitrogens is 1. The largest absolute Gasteiger partial charge is 0.399 e. The standard InChI is InChI=1S/C29H31ClF2N5O7P/c1-16(38)36-12-11-21-8-10-25(28(41)35(2)20-6-4-19(30)5-7-20)37(21)27(40)24(15-36)34-26(39)23-14-17-13-18(3-9-22(17)33-23)29(31,32)45(42,43)44/h3-7,9,13-14,21,24-25,33H,8,10-12,15H2,1-2H3,(H,34,39)(H2,42,43,44)/t21-,24+,25+/m1/s1. The summed E-state index contributed by atoms with van der Waals surface area (Å²) in [6.07, 6.45) is 1.36. The highest BCUT2D eigenvalue weighted by Crippen LogP contribution is 2.59. The molecule has 12 nitrogen and oxygen atoms in total.